The third kappa shape index (κ3) is 4.15. The Morgan fingerprint density at radius 3 is 2.74 bits per heavy atom. The van der Waals surface area contributed by atoms with E-state index in [1.807, 2.05) is 4.72 Å². The lowest BCUT2D eigenvalue weighted by atomic mass is 10.3. The maximum absolute atomic E-state index is 13.1. The molecule has 106 valence electrons. The van der Waals surface area contributed by atoms with Crippen LogP contribution in [0.3, 0.4) is 0 Å². The number of anilines is 1. The average Bonchev–Trinajstić information content (AvgIpc) is 2.31. The van der Waals surface area contributed by atoms with Crippen molar-refractivity contribution < 1.29 is 22.3 Å². The quantitative estimate of drug-likeness (QED) is 0.607. The smallest absolute Gasteiger partial charge is 0.321 e. The van der Waals surface area contributed by atoms with Crippen LogP contribution < -0.4 is 10.5 Å². The Bertz CT molecular complexity index is 591. The summed E-state index contributed by atoms with van der Waals surface area (Å²) in [5, 5.41) is 0. The number of ether oxygens (including phenoxy) is 1. The Morgan fingerprint density at radius 1 is 1.53 bits per heavy atom. The molecule has 0 unspecified atom stereocenters. The molecule has 0 aliphatic rings. The first-order valence-corrected chi connectivity index (χ1v) is 7.45. The summed E-state index contributed by atoms with van der Waals surface area (Å²) in [6.45, 7) is 1.23. The Hall–Kier alpha value is -1.19. The van der Waals surface area contributed by atoms with Gasteiger partial charge in [-0.15, -0.1) is 0 Å². The van der Waals surface area contributed by atoms with Crippen molar-refractivity contribution in [1.82, 2.24) is 4.72 Å². The lowest BCUT2D eigenvalue weighted by Crippen LogP contribution is -2.31. The van der Waals surface area contributed by atoms with E-state index in [0.717, 1.165) is 12.1 Å². The minimum Gasteiger partial charge on any atom is -0.465 e. The number of nitrogens with two attached hydrogens (primary N) is 1. The van der Waals surface area contributed by atoms with E-state index in [4.69, 9.17) is 5.73 Å². The second-order valence-electron chi connectivity index (χ2n) is 3.43. The van der Waals surface area contributed by atoms with Crippen LogP contribution in [-0.4, -0.2) is 27.5 Å². The van der Waals surface area contributed by atoms with Gasteiger partial charge in [0.1, 0.15) is 12.4 Å². The summed E-state index contributed by atoms with van der Waals surface area (Å²) < 4.78 is 43.5. The first-order valence-electron chi connectivity index (χ1n) is 5.17. The molecule has 19 heavy (non-hydrogen) atoms. The van der Waals surface area contributed by atoms with E-state index < -0.39 is 28.4 Å². The summed E-state index contributed by atoms with van der Waals surface area (Å²) in [4.78, 5) is 10.8. The maximum Gasteiger partial charge on any atom is 0.321 e. The van der Waals surface area contributed by atoms with Crippen LogP contribution in [-0.2, 0) is 19.6 Å². The van der Waals surface area contributed by atoms with Gasteiger partial charge in [-0.3, -0.25) is 4.79 Å². The van der Waals surface area contributed by atoms with Crippen LogP contribution in [0.1, 0.15) is 6.92 Å². The molecule has 0 saturated carbocycles. The lowest BCUT2D eigenvalue weighted by molar-refractivity contribution is -0.141. The number of sulfonamides is 1. The number of carbonyl (C=O) groups is 1. The Balaban J connectivity index is 2.95. The fourth-order valence-corrected chi connectivity index (χ4v) is 3.21. The summed E-state index contributed by atoms with van der Waals surface area (Å²) in [7, 11) is -3.99. The molecule has 3 N–H and O–H groups in total. The van der Waals surface area contributed by atoms with Gasteiger partial charge < -0.3 is 10.5 Å². The fourth-order valence-electron chi connectivity index (χ4n) is 1.19. The van der Waals surface area contributed by atoms with E-state index in [1.54, 1.807) is 6.92 Å². The highest BCUT2D eigenvalue weighted by molar-refractivity contribution is 9.10. The predicted molar refractivity (Wildman–Crippen MR) is 70.3 cm³/mol. The van der Waals surface area contributed by atoms with E-state index >= 15 is 0 Å². The summed E-state index contributed by atoms with van der Waals surface area (Å²) in [5.41, 5.74) is 5.00. The van der Waals surface area contributed by atoms with E-state index in [1.165, 1.54) is 0 Å². The number of carbonyl (C=O) groups excluding carboxylic acids is 1. The molecule has 0 aliphatic heterocycles. The molecule has 0 saturated heterocycles. The topological polar surface area (TPSA) is 98.5 Å². The normalized spacial score (nSPS) is 11.3. The maximum atomic E-state index is 13.1. The molecule has 0 heterocycles. The minimum atomic E-state index is -3.99. The van der Waals surface area contributed by atoms with Gasteiger partial charge in [-0.2, -0.15) is 4.72 Å². The van der Waals surface area contributed by atoms with Gasteiger partial charge in [0.2, 0.25) is 10.0 Å². The van der Waals surface area contributed by atoms with Crippen molar-refractivity contribution in [3.63, 3.8) is 0 Å². The summed E-state index contributed by atoms with van der Waals surface area (Å²) in [6.07, 6.45) is 0. The lowest BCUT2D eigenvalue weighted by Gasteiger charge is -2.09. The molecular formula is C10H12BrFN2O4S. The molecule has 1 aromatic rings. The second kappa shape index (κ2) is 6.31. The zero-order chi connectivity index (χ0) is 14.6. The third-order valence-electron chi connectivity index (χ3n) is 2.05. The number of nitrogen functional groups attached to an aromatic ring is 1. The molecule has 1 aromatic carbocycles. The molecule has 0 spiro atoms. The highest BCUT2D eigenvalue weighted by Gasteiger charge is 2.20. The minimum absolute atomic E-state index is 0.00978. The molecule has 0 amide bonds. The molecule has 9 heteroatoms. The largest absolute Gasteiger partial charge is 0.465 e. The molecule has 0 radical (unpaired) electrons. The fraction of sp³-hybridized carbons (Fsp3) is 0.300. The molecule has 0 atom stereocenters. The standard InChI is InChI=1S/C10H12BrFN2O4S/c1-2-18-10(15)5-14-19(16,17)9-4-8(13)7(12)3-6(9)11/h3-4,14H,2,5,13H2,1H3. The highest BCUT2D eigenvalue weighted by Crippen LogP contribution is 2.26. The van der Waals surface area contributed by atoms with Gasteiger partial charge in [0.25, 0.3) is 0 Å². The molecule has 0 aliphatic carbocycles. The van der Waals surface area contributed by atoms with Crippen molar-refractivity contribution in [3.8, 4) is 0 Å². The SMILES string of the molecule is CCOC(=O)CNS(=O)(=O)c1cc(N)c(F)cc1Br. The highest BCUT2D eigenvalue weighted by atomic mass is 79.9. The third-order valence-corrected chi connectivity index (χ3v) is 4.41. The van der Waals surface area contributed by atoms with Crippen LogP contribution in [0.2, 0.25) is 0 Å². The van der Waals surface area contributed by atoms with Crippen molar-refractivity contribution in [2.45, 2.75) is 11.8 Å². The number of benzene rings is 1. The van der Waals surface area contributed by atoms with Gasteiger partial charge in [-0.05, 0) is 35.0 Å². The summed E-state index contributed by atoms with van der Waals surface area (Å²) in [6, 6.07) is 1.90. The van der Waals surface area contributed by atoms with Crippen molar-refractivity contribution in [3.05, 3.63) is 22.4 Å². The van der Waals surface area contributed by atoms with E-state index in [9.17, 15) is 17.6 Å². The zero-order valence-corrected chi connectivity index (χ0v) is 12.3. The van der Waals surface area contributed by atoms with Crippen molar-refractivity contribution >= 4 is 37.6 Å². The number of nitrogens with one attached hydrogen (secondary N) is 1. The van der Waals surface area contributed by atoms with Gasteiger partial charge >= 0.3 is 5.97 Å². The van der Waals surface area contributed by atoms with Gasteiger partial charge in [-0.25, -0.2) is 12.8 Å². The molecular weight excluding hydrogens is 343 g/mol. The molecule has 0 aromatic heterocycles. The Labute approximate surface area is 118 Å². The molecule has 6 nitrogen and oxygen atoms in total. The van der Waals surface area contributed by atoms with Crippen LogP contribution in [0.25, 0.3) is 0 Å². The Morgan fingerprint density at radius 2 is 2.16 bits per heavy atom. The first-order chi connectivity index (χ1) is 8.77. The summed E-state index contributed by atoms with van der Waals surface area (Å²) in [5.74, 6) is -1.45. The zero-order valence-electron chi connectivity index (χ0n) is 9.94. The second-order valence-corrected chi connectivity index (χ2v) is 6.02. The summed E-state index contributed by atoms with van der Waals surface area (Å²) >= 11 is 2.92. The number of hydrogen-bond donors (Lipinski definition) is 2. The van der Waals surface area contributed by atoms with Crippen molar-refractivity contribution in [2.24, 2.45) is 0 Å². The number of rotatable bonds is 5. The average molecular weight is 355 g/mol. The number of hydrogen-bond acceptors (Lipinski definition) is 5. The van der Waals surface area contributed by atoms with Crippen molar-refractivity contribution in [2.75, 3.05) is 18.9 Å². The first kappa shape index (κ1) is 15.9. The van der Waals surface area contributed by atoms with Gasteiger partial charge in [0.15, 0.2) is 0 Å². The monoisotopic (exact) mass is 354 g/mol. The van der Waals surface area contributed by atoms with Gasteiger partial charge in [-0.1, -0.05) is 0 Å². The van der Waals surface area contributed by atoms with Gasteiger partial charge in [0, 0.05) is 4.47 Å². The van der Waals surface area contributed by atoms with Gasteiger partial charge in [0.05, 0.1) is 17.2 Å². The van der Waals surface area contributed by atoms with Crippen molar-refractivity contribution in [1.29, 1.82) is 0 Å². The Kier molecular flexibility index (Phi) is 5.27. The number of halogens is 2. The molecule has 0 fully saturated rings. The van der Waals surface area contributed by atoms with E-state index in [-0.39, 0.29) is 21.7 Å². The molecule has 0 bridgehead atoms. The molecule has 1 rings (SSSR count). The van der Waals surface area contributed by atoms with Crippen LogP contribution in [0, 0.1) is 5.82 Å². The van der Waals surface area contributed by atoms with Crippen LogP contribution in [0.4, 0.5) is 10.1 Å². The van der Waals surface area contributed by atoms with E-state index in [2.05, 4.69) is 20.7 Å². The number of esters is 1. The predicted octanol–water partition coefficient (Wildman–Crippen LogP) is 1.01. The van der Waals surface area contributed by atoms with Crippen LogP contribution in [0.5, 0.6) is 0 Å². The van der Waals surface area contributed by atoms with Crippen LogP contribution >= 0.6 is 15.9 Å². The van der Waals surface area contributed by atoms with Crippen LogP contribution in [0.15, 0.2) is 21.5 Å². The van der Waals surface area contributed by atoms with E-state index in [0.29, 0.717) is 0 Å².